The Morgan fingerprint density at radius 2 is 1.68 bits per heavy atom. The molecule has 4 rings (SSSR count). The standard InChI is InChI=1S/C30H32BrN3O5S/c1-3-34(4-2)17-18-40(38,39)24-13-11-23(12-14-24)32-29(21-8-5-20(6-9-21)7-16-27(35)36)28-25-15-10-22(31)19-26(25)33-30(28)37/h5-6,8-15,19,33,37H,3-4,7,16-18H2,1-2H3,(H,35,36). The first-order chi connectivity index (χ1) is 19.1. The van der Waals surface area contributed by atoms with Crippen LogP contribution in [0.2, 0.25) is 0 Å². The van der Waals surface area contributed by atoms with Crippen molar-refractivity contribution in [3.05, 3.63) is 87.9 Å². The van der Waals surface area contributed by atoms with E-state index in [2.05, 4.69) is 25.8 Å². The quantitative estimate of drug-likeness (QED) is 0.167. The summed E-state index contributed by atoms with van der Waals surface area (Å²) in [6.07, 6.45) is 0.432. The second kappa shape index (κ2) is 12.8. The van der Waals surface area contributed by atoms with Crippen molar-refractivity contribution < 1.29 is 23.4 Å². The Morgan fingerprint density at radius 3 is 2.30 bits per heavy atom. The smallest absolute Gasteiger partial charge is 0.303 e. The van der Waals surface area contributed by atoms with Gasteiger partial charge in [0.25, 0.3) is 0 Å². The molecule has 3 N–H and O–H groups in total. The highest BCUT2D eigenvalue weighted by Gasteiger charge is 2.20. The number of benzene rings is 3. The van der Waals surface area contributed by atoms with Crippen LogP contribution in [0.4, 0.5) is 5.69 Å². The van der Waals surface area contributed by atoms with Gasteiger partial charge in [-0.2, -0.15) is 0 Å². The zero-order valence-electron chi connectivity index (χ0n) is 22.4. The Kier molecular flexibility index (Phi) is 9.44. The first-order valence-corrected chi connectivity index (χ1v) is 15.5. The van der Waals surface area contributed by atoms with Crippen molar-refractivity contribution in [1.29, 1.82) is 0 Å². The van der Waals surface area contributed by atoms with E-state index in [0.717, 1.165) is 34.0 Å². The molecule has 0 unspecified atom stereocenters. The van der Waals surface area contributed by atoms with E-state index in [1.807, 2.05) is 56.3 Å². The van der Waals surface area contributed by atoms with Crippen molar-refractivity contribution in [2.45, 2.75) is 31.6 Å². The van der Waals surface area contributed by atoms with E-state index in [4.69, 9.17) is 10.1 Å². The maximum absolute atomic E-state index is 12.9. The van der Waals surface area contributed by atoms with Gasteiger partial charge >= 0.3 is 5.97 Å². The summed E-state index contributed by atoms with van der Waals surface area (Å²) in [5, 5.41) is 20.7. The van der Waals surface area contributed by atoms with Gasteiger partial charge in [0.2, 0.25) is 0 Å². The van der Waals surface area contributed by atoms with Gasteiger partial charge in [0.1, 0.15) is 0 Å². The van der Waals surface area contributed by atoms with Gasteiger partial charge in [-0.3, -0.25) is 4.79 Å². The summed E-state index contributed by atoms with van der Waals surface area (Å²) in [4.78, 5) is 21.2. The second-order valence-corrected chi connectivity index (χ2v) is 12.5. The van der Waals surface area contributed by atoms with Gasteiger partial charge in [-0.25, -0.2) is 13.4 Å². The maximum Gasteiger partial charge on any atom is 0.303 e. The number of aliphatic carboxylic acids is 1. The predicted octanol–water partition coefficient (Wildman–Crippen LogP) is 5.94. The number of halogens is 1. The van der Waals surface area contributed by atoms with Gasteiger partial charge in [-0.05, 0) is 61.5 Å². The van der Waals surface area contributed by atoms with E-state index in [1.165, 1.54) is 0 Å². The number of carboxylic acids is 1. The molecule has 0 saturated carbocycles. The highest BCUT2D eigenvalue weighted by Crippen LogP contribution is 2.33. The van der Waals surface area contributed by atoms with Crippen LogP contribution < -0.4 is 0 Å². The number of hydrogen-bond donors (Lipinski definition) is 3. The van der Waals surface area contributed by atoms with Crippen LogP contribution in [0.1, 0.15) is 37.0 Å². The van der Waals surface area contributed by atoms with Gasteiger partial charge in [0.05, 0.1) is 33.1 Å². The van der Waals surface area contributed by atoms with Crippen molar-refractivity contribution in [1.82, 2.24) is 9.88 Å². The molecule has 0 aliphatic carbocycles. The molecule has 1 aromatic heterocycles. The third-order valence-corrected chi connectivity index (χ3v) is 9.04. The molecule has 0 aliphatic rings. The fourth-order valence-electron chi connectivity index (χ4n) is 4.50. The van der Waals surface area contributed by atoms with Crippen LogP contribution in [0.3, 0.4) is 0 Å². The van der Waals surface area contributed by atoms with Crippen molar-refractivity contribution >= 4 is 54.0 Å². The molecule has 0 radical (unpaired) electrons. The number of fused-ring (bicyclic) bond motifs is 1. The van der Waals surface area contributed by atoms with Crippen LogP contribution in [-0.2, 0) is 21.1 Å². The number of carbonyl (C=O) groups is 1. The third kappa shape index (κ3) is 6.99. The molecular formula is C30H32BrN3O5S. The van der Waals surface area contributed by atoms with Crippen molar-refractivity contribution in [2.24, 2.45) is 4.99 Å². The Bertz CT molecular complexity index is 1620. The lowest BCUT2D eigenvalue weighted by Crippen LogP contribution is -2.29. The average Bonchev–Trinajstić information content (AvgIpc) is 3.26. The SMILES string of the molecule is CCN(CC)CCS(=O)(=O)c1ccc(N=C(c2ccc(CCC(=O)O)cc2)c2c(O)[nH]c3cc(Br)ccc23)cc1. The van der Waals surface area contributed by atoms with Gasteiger partial charge < -0.3 is 20.1 Å². The lowest BCUT2D eigenvalue weighted by atomic mass is 9.98. The number of aromatic hydroxyl groups is 1. The summed E-state index contributed by atoms with van der Waals surface area (Å²) >= 11 is 3.46. The summed E-state index contributed by atoms with van der Waals surface area (Å²) in [5.74, 6) is -0.868. The predicted molar refractivity (Wildman–Crippen MR) is 162 cm³/mol. The van der Waals surface area contributed by atoms with E-state index in [1.54, 1.807) is 24.3 Å². The number of aryl methyl sites for hydroxylation is 1. The van der Waals surface area contributed by atoms with Crippen LogP contribution in [0.15, 0.2) is 81.1 Å². The lowest BCUT2D eigenvalue weighted by molar-refractivity contribution is -0.136. The molecule has 4 aromatic rings. The summed E-state index contributed by atoms with van der Waals surface area (Å²) in [7, 11) is -3.45. The highest BCUT2D eigenvalue weighted by molar-refractivity contribution is 9.10. The number of H-pyrrole nitrogens is 1. The van der Waals surface area contributed by atoms with Gasteiger partial charge in [0.15, 0.2) is 15.7 Å². The fraction of sp³-hybridized carbons (Fsp3) is 0.267. The number of nitrogens with zero attached hydrogens (tertiary/aromatic N) is 2. The highest BCUT2D eigenvalue weighted by atomic mass is 79.9. The number of hydrogen-bond acceptors (Lipinski definition) is 6. The van der Waals surface area contributed by atoms with E-state index >= 15 is 0 Å². The Hall–Kier alpha value is -3.47. The van der Waals surface area contributed by atoms with Crippen LogP contribution in [0.5, 0.6) is 5.88 Å². The zero-order chi connectivity index (χ0) is 28.9. The van der Waals surface area contributed by atoms with E-state index in [9.17, 15) is 18.3 Å². The second-order valence-electron chi connectivity index (χ2n) is 9.43. The Labute approximate surface area is 242 Å². The third-order valence-electron chi connectivity index (χ3n) is 6.84. The van der Waals surface area contributed by atoms with Gasteiger partial charge in [-0.15, -0.1) is 0 Å². The van der Waals surface area contributed by atoms with Gasteiger partial charge in [-0.1, -0.05) is 60.1 Å². The Morgan fingerprint density at radius 1 is 1.00 bits per heavy atom. The molecule has 3 aromatic carbocycles. The molecule has 1 heterocycles. The summed E-state index contributed by atoms with van der Waals surface area (Å²) in [6, 6.07) is 19.5. The molecule has 0 atom stereocenters. The molecule has 0 fully saturated rings. The first-order valence-electron chi connectivity index (χ1n) is 13.1. The van der Waals surface area contributed by atoms with Crippen molar-refractivity contribution in [3.8, 4) is 5.88 Å². The van der Waals surface area contributed by atoms with Crippen LogP contribution >= 0.6 is 15.9 Å². The topological polar surface area (TPSA) is 123 Å². The average molecular weight is 627 g/mol. The number of aromatic nitrogens is 1. The molecule has 0 spiro atoms. The van der Waals surface area contributed by atoms with Gasteiger partial charge in [0, 0.05) is 28.4 Å². The molecular weight excluding hydrogens is 594 g/mol. The summed E-state index contributed by atoms with van der Waals surface area (Å²) in [6.45, 7) is 6.07. The minimum Gasteiger partial charge on any atom is -0.494 e. The molecule has 10 heteroatoms. The Balaban J connectivity index is 1.73. The minimum absolute atomic E-state index is 0.0303. The number of sulfone groups is 1. The fourth-order valence-corrected chi connectivity index (χ4v) is 6.15. The normalized spacial score (nSPS) is 12.3. The molecule has 0 saturated heterocycles. The lowest BCUT2D eigenvalue weighted by Gasteiger charge is -2.17. The molecule has 8 nitrogen and oxygen atoms in total. The number of rotatable bonds is 12. The monoisotopic (exact) mass is 625 g/mol. The van der Waals surface area contributed by atoms with E-state index < -0.39 is 15.8 Å². The molecule has 210 valence electrons. The largest absolute Gasteiger partial charge is 0.494 e. The zero-order valence-corrected chi connectivity index (χ0v) is 24.8. The van der Waals surface area contributed by atoms with Crippen molar-refractivity contribution in [3.63, 3.8) is 0 Å². The number of nitrogens with one attached hydrogen (secondary N) is 1. The molecule has 0 amide bonds. The minimum atomic E-state index is -3.45. The maximum atomic E-state index is 12.9. The molecule has 40 heavy (non-hydrogen) atoms. The molecule has 0 aliphatic heterocycles. The molecule has 0 bridgehead atoms. The summed E-state index contributed by atoms with van der Waals surface area (Å²) in [5.41, 5.74) is 3.84. The number of carboxylic acid groups (broad SMARTS) is 1. The van der Waals surface area contributed by atoms with E-state index in [0.29, 0.717) is 35.5 Å². The first kappa shape index (κ1) is 29.5. The van der Waals surface area contributed by atoms with E-state index in [-0.39, 0.29) is 22.9 Å². The van der Waals surface area contributed by atoms with Crippen molar-refractivity contribution in [2.75, 3.05) is 25.4 Å². The number of aliphatic imine (C=N–C) groups is 1. The van der Waals surface area contributed by atoms with Crippen LogP contribution in [-0.4, -0.2) is 65.6 Å². The van der Waals surface area contributed by atoms with Crippen LogP contribution in [0, 0.1) is 0 Å². The van der Waals surface area contributed by atoms with Crippen LogP contribution in [0.25, 0.3) is 10.9 Å². The summed E-state index contributed by atoms with van der Waals surface area (Å²) < 4.78 is 26.7. The number of aromatic amines is 1.